The second-order valence-electron chi connectivity index (χ2n) is 3.50. The molecule has 0 aliphatic carbocycles. The van der Waals surface area contributed by atoms with Gasteiger partial charge in [0.05, 0.1) is 5.69 Å². The van der Waals surface area contributed by atoms with Crippen LogP contribution in [0.25, 0.3) is 0 Å². The summed E-state index contributed by atoms with van der Waals surface area (Å²) in [5, 5.41) is 11.2. The summed E-state index contributed by atoms with van der Waals surface area (Å²) in [4.78, 5) is 11.3. The van der Waals surface area contributed by atoms with Crippen LogP contribution in [-0.2, 0) is 4.79 Å². The summed E-state index contributed by atoms with van der Waals surface area (Å²) >= 11 is 1.87. The van der Waals surface area contributed by atoms with E-state index in [2.05, 4.69) is 0 Å². The first-order chi connectivity index (χ1) is 7.66. The number of aliphatic hydroxyl groups is 1. The number of halogens is 4. The summed E-state index contributed by atoms with van der Waals surface area (Å²) in [5.41, 5.74) is -3.19. The molecule has 1 aromatic rings. The molecule has 0 aromatic heterocycles. The van der Waals surface area contributed by atoms with Gasteiger partial charge in [0.25, 0.3) is 5.91 Å². The molecule has 0 heterocycles. The Balaban J connectivity index is 2.91. The van der Waals surface area contributed by atoms with Gasteiger partial charge in [0, 0.05) is 3.57 Å². The normalized spacial score (nSPS) is 15.2. The van der Waals surface area contributed by atoms with Gasteiger partial charge < -0.3 is 10.4 Å². The predicted molar refractivity (Wildman–Crippen MR) is 64.5 cm³/mol. The minimum Gasteiger partial charge on any atom is -0.373 e. The van der Waals surface area contributed by atoms with Crippen molar-refractivity contribution in [1.29, 1.82) is 0 Å². The summed E-state index contributed by atoms with van der Waals surface area (Å²) in [6.45, 7) is 0.415. The second kappa shape index (κ2) is 4.81. The molecule has 1 rings (SSSR count). The largest absolute Gasteiger partial charge is 0.426 e. The molecule has 0 radical (unpaired) electrons. The maximum Gasteiger partial charge on any atom is 0.426 e. The third-order valence-corrected chi connectivity index (χ3v) is 3.06. The van der Waals surface area contributed by atoms with Gasteiger partial charge in [0.2, 0.25) is 5.60 Å². The quantitative estimate of drug-likeness (QED) is 0.798. The SMILES string of the molecule is CC(O)(C(=O)Nc1ccccc1I)C(F)(F)F. The fourth-order valence-corrected chi connectivity index (χ4v) is 1.46. The van der Waals surface area contributed by atoms with Gasteiger partial charge in [-0.25, -0.2) is 0 Å². The molecule has 7 heteroatoms. The van der Waals surface area contributed by atoms with E-state index in [1.807, 2.05) is 27.9 Å². The number of rotatable bonds is 2. The van der Waals surface area contributed by atoms with Crippen molar-refractivity contribution in [3.63, 3.8) is 0 Å². The number of amides is 1. The monoisotopic (exact) mass is 359 g/mol. The van der Waals surface area contributed by atoms with Crippen LogP contribution in [0, 0.1) is 3.57 Å². The highest BCUT2D eigenvalue weighted by atomic mass is 127. The molecule has 0 saturated carbocycles. The third kappa shape index (κ3) is 3.09. The summed E-state index contributed by atoms with van der Waals surface area (Å²) in [6, 6.07) is 6.32. The van der Waals surface area contributed by atoms with Crippen LogP contribution < -0.4 is 5.32 Å². The second-order valence-corrected chi connectivity index (χ2v) is 4.67. The molecule has 1 unspecified atom stereocenters. The summed E-state index contributed by atoms with van der Waals surface area (Å²) in [6.07, 6.45) is -5.02. The highest BCUT2D eigenvalue weighted by molar-refractivity contribution is 14.1. The Kier molecular flexibility index (Phi) is 4.03. The van der Waals surface area contributed by atoms with E-state index in [9.17, 15) is 18.0 Å². The Hall–Kier alpha value is -0.830. The minimum atomic E-state index is -5.02. The van der Waals surface area contributed by atoms with Gasteiger partial charge in [0.15, 0.2) is 0 Å². The molecule has 1 amide bonds. The van der Waals surface area contributed by atoms with Crippen molar-refractivity contribution in [2.24, 2.45) is 0 Å². The lowest BCUT2D eigenvalue weighted by molar-refractivity contribution is -0.242. The van der Waals surface area contributed by atoms with Crippen molar-refractivity contribution in [3.8, 4) is 0 Å². The van der Waals surface area contributed by atoms with Crippen molar-refractivity contribution >= 4 is 34.2 Å². The van der Waals surface area contributed by atoms with Crippen LogP contribution in [0.15, 0.2) is 24.3 Å². The van der Waals surface area contributed by atoms with E-state index >= 15 is 0 Å². The molecule has 0 fully saturated rings. The van der Waals surface area contributed by atoms with Crippen LogP contribution in [0.4, 0.5) is 18.9 Å². The lowest BCUT2D eigenvalue weighted by Gasteiger charge is -2.25. The van der Waals surface area contributed by atoms with Crippen molar-refractivity contribution in [2.75, 3.05) is 5.32 Å². The Morgan fingerprint density at radius 2 is 1.88 bits per heavy atom. The van der Waals surface area contributed by atoms with E-state index in [4.69, 9.17) is 5.11 Å². The first-order valence-electron chi connectivity index (χ1n) is 4.51. The number of hydrogen-bond donors (Lipinski definition) is 2. The Morgan fingerprint density at radius 3 is 2.35 bits per heavy atom. The number of carbonyl (C=O) groups excluding carboxylic acids is 1. The van der Waals surface area contributed by atoms with E-state index in [0.29, 0.717) is 10.5 Å². The standard InChI is InChI=1S/C10H9F3INO2/c1-9(17,10(11,12)13)8(16)15-7-5-3-2-4-6(7)14/h2-5,17H,1H3,(H,15,16). The van der Waals surface area contributed by atoms with Crippen LogP contribution in [0.2, 0.25) is 0 Å². The lowest BCUT2D eigenvalue weighted by Crippen LogP contribution is -2.52. The van der Waals surface area contributed by atoms with Gasteiger partial charge in [-0.05, 0) is 41.6 Å². The molecular weight excluding hydrogens is 350 g/mol. The molecule has 0 spiro atoms. The fraction of sp³-hybridized carbons (Fsp3) is 0.300. The van der Waals surface area contributed by atoms with Crippen LogP contribution in [-0.4, -0.2) is 22.8 Å². The van der Waals surface area contributed by atoms with Gasteiger partial charge in [-0.3, -0.25) is 4.79 Å². The molecule has 2 N–H and O–H groups in total. The van der Waals surface area contributed by atoms with Gasteiger partial charge in [0.1, 0.15) is 0 Å². The molecule has 94 valence electrons. The molecule has 0 saturated heterocycles. The van der Waals surface area contributed by atoms with Crippen molar-refractivity contribution in [2.45, 2.75) is 18.7 Å². The van der Waals surface area contributed by atoms with Gasteiger partial charge in [-0.15, -0.1) is 0 Å². The van der Waals surface area contributed by atoms with E-state index in [-0.39, 0.29) is 5.69 Å². The van der Waals surface area contributed by atoms with Crippen molar-refractivity contribution in [3.05, 3.63) is 27.8 Å². The van der Waals surface area contributed by atoms with Crippen LogP contribution in [0.5, 0.6) is 0 Å². The van der Waals surface area contributed by atoms with Gasteiger partial charge in [-0.2, -0.15) is 13.2 Å². The topological polar surface area (TPSA) is 49.3 Å². The molecule has 0 aliphatic heterocycles. The number of alkyl halides is 3. The smallest absolute Gasteiger partial charge is 0.373 e. The van der Waals surface area contributed by atoms with Crippen LogP contribution >= 0.6 is 22.6 Å². The molecule has 0 aliphatic rings. The molecule has 0 bridgehead atoms. The van der Waals surface area contributed by atoms with Crippen molar-refractivity contribution in [1.82, 2.24) is 0 Å². The van der Waals surface area contributed by atoms with E-state index in [1.165, 1.54) is 6.07 Å². The first-order valence-corrected chi connectivity index (χ1v) is 5.59. The number of hydrogen-bond acceptors (Lipinski definition) is 2. The molecular formula is C10H9F3INO2. The van der Waals surface area contributed by atoms with Crippen LogP contribution in [0.1, 0.15) is 6.92 Å². The molecule has 17 heavy (non-hydrogen) atoms. The average Bonchev–Trinajstić information content (AvgIpc) is 2.19. The Labute approximate surface area is 109 Å². The van der Waals surface area contributed by atoms with Crippen molar-refractivity contribution < 1.29 is 23.1 Å². The summed E-state index contributed by atoms with van der Waals surface area (Å²) in [7, 11) is 0. The van der Waals surface area contributed by atoms with Crippen LogP contribution in [0.3, 0.4) is 0 Å². The average molecular weight is 359 g/mol. The zero-order valence-corrected chi connectivity index (χ0v) is 10.8. The fourth-order valence-electron chi connectivity index (χ4n) is 0.935. The number of para-hydroxylation sites is 1. The van der Waals surface area contributed by atoms with E-state index in [0.717, 1.165) is 0 Å². The number of carbonyl (C=O) groups is 1. The highest BCUT2D eigenvalue weighted by Crippen LogP contribution is 2.31. The number of anilines is 1. The Bertz CT molecular complexity index is 432. The molecule has 1 aromatic carbocycles. The molecule has 3 nitrogen and oxygen atoms in total. The van der Waals surface area contributed by atoms with Gasteiger partial charge in [-0.1, -0.05) is 12.1 Å². The maximum absolute atomic E-state index is 12.4. The highest BCUT2D eigenvalue weighted by Gasteiger charge is 2.55. The number of nitrogens with one attached hydrogen (secondary N) is 1. The third-order valence-electron chi connectivity index (χ3n) is 2.12. The summed E-state index contributed by atoms with van der Waals surface area (Å²) in [5.74, 6) is -1.51. The Morgan fingerprint density at radius 1 is 1.35 bits per heavy atom. The predicted octanol–water partition coefficient (Wildman–Crippen LogP) is 2.54. The molecule has 1 atom stereocenters. The van der Waals surface area contributed by atoms with E-state index in [1.54, 1.807) is 18.2 Å². The lowest BCUT2D eigenvalue weighted by atomic mass is 10.1. The summed E-state index contributed by atoms with van der Waals surface area (Å²) < 4.78 is 37.7. The van der Waals surface area contributed by atoms with Gasteiger partial charge >= 0.3 is 6.18 Å². The zero-order valence-electron chi connectivity index (χ0n) is 8.68. The zero-order chi connectivity index (χ0) is 13.3. The minimum absolute atomic E-state index is 0.225. The van der Waals surface area contributed by atoms with E-state index < -0.39 is 17.7 Å². The first kappa shape index (κ1) is 14.2. The maximum atomic E-state index is 12.4. The number of benzene rings is 1.